The van der Waals surface area contributed by atoms with E-state index in [0.717, 1.165) is 17.0 Å². The van der Waals surface area contributed by atoms with Gasteiger partial charge in [-0.15, -0.1) is 0 Å². The van der Waals surface area contributed by atoms with Crippen LogP contribution in [0.4, 0.5) is 0 Å². The fourth-order valence-corrected chi connectivity index (χ4v) is 4.17. The van der Waals surface area contributed by atoms with Crippen LogP contribution in [0, 0.1) is 6.92 Å². The summed E-state index contributed by atoms with van der Waals surface area (Å²) in [7, 11) is -2.11. The number of ether oxygens (including phenoxy) is 1. The highest BCUT2D eigenvalue weighted by Gasteiger charge is 2.31. The van der Waals surface area contributed by atoms with E-state index in [4.69, 9.17) is 4.74 Å². The normalized spacial score (nSPS) is 15.7. The molecule has 6 nitrogen and oxygen atoms in total. The lowest BCUT2D eigenvalue weighted by Crippen LogP contribution is -2.36. The second-order valence-electron chi connectivity index (χ2n) is 5.07. The Bertz CT molecular complexity index is 768. The van der Waals surface area contributed by atoms with E-state index in [1.54, 1.807) is 18.5 Å². The molecule has 0 saturated carbocycles. The molecule has 0 amide bonds. The van der Waals surface area contributed by atoms with Crippen molar-refractivity contribution in [1.29, 1.82) is 0 Å². The molecule has 0 aliphatic carbocycles. The van der Waals surface area contributed by atoms with Gasteiger partial charge < -0.3 is 9.72 Å². The zero-order valence-electron chi connectivity index (χ0n) is 12.0. The SMILES string of the molecule is COc1ccc(C)cc1S(=O)(=O)N1CCc2nc[nH]c2C1. The largest absolute Gasteiger partial charge is 0.495 e. The summed E-state index contributed by atoms with van der Waals surface area (Å²) in [5.74, 6) is 0.371. The molecule has 21 heavy (non-hydrogen) atoms. The van der Waals surface area contributed by atoms with Gasteiger partial charge in [0.1, 0.15) is 10.6 Å². The average Bonchev–Trinajstić information content (AvgIpc) is 2.94. The molecule has 1 aromatic carbocycles. The Morgan fingerprint density at radius 1 is 1.38 bits per heavy atom. The van der Waals surface area contributed by atoms with Crippen molar-refractivity contribution in [2.75, 3.05) is 13.7 Å². The Hall–Kier alpha value is -1.86. The zero-order chi connectivity index (χ0) is 15.0. The molecule has 0 bridgehead atoms. The molecule has 1 aliphatic heterocycles. The first-order chi connectivity index (χ1) is 10.0. The van der Waals surface area contributed by atoms with Gasteiger partial charge in [-0.05, 0) is 24.6 Å². The molecule has 1 N–H and O–H groups in total. The van der Waals surface area contributed by atoms with Gasteiger partial charge >= 0.3 is 0 Å². The fourth-order valence-electron chi connectivity index (χ4n) is 2.52. The third-order valence-electron chi connectivity index (χ3n) is 3.68. The van der Waals surface area contributed by atoms with E-state index in [0.29, 0.717) is 25.3 Å². The van der Waals surface area contributed by atoms with Crippen LogP contribution in [0.2, 0.25) is 0 Å². The standard InChI is InChI=1S/C14H17N3O3S/c1-10-3-4-13(20-2)14(7-10)21(18,19)17-6-5-11-12(8-17)16-9-15-11/h3-4,7,9H,5-6,8H2,1-2H3,(H,15,16). The number of fused-ring (bicyclic) bond motifs is 1. The van der Waals surface area contributed by atoms with Gasteiger partial charge in [-0.25, -0.2) is 13.4 Å². The number of nitrogens with one attached hydrogen (secondary N) is 1. The van der Waals surface area contributed by atoms with Crippen molar-refractivity contribution in [1.82, 2.24) is 14.3 Å². The number of imidazole rings is 1. The second-order valence-corrected chi connectivity index (χ2v) is 6.98. The van der Waals surface area contributed by atoms with Gasteiger partial charge in [0.15, 0.2) is 0 Å². The highest BCUT2D eigenvalue weighted by molar-refractivity contribution is 7.89. The lowest BCUT2D eigenvalue weighted by atomic mass is 10.2. The molecule has 0 fully saturated rings. The van der Waals surface area contributed by atoms with E-state index >= 15 is 0 Å². The minimum Gasteiger partial charge on any atom is -0.495 e. The number of rotatable bonds is 3. The van der Waals surface area contributed by atoms with Gasteiger partial charge in [0, 0.05) is 13.0 Å². The smallest absolute Gasteiger partial charge is 0.247 e. The van der Waals surface area contributed by atoms with Crippen molar-refractivity contribution in [2.24, 2.45) is 0 Å². The summed E-state index contributed by atoms with van der Waals surface area (Å²) >= 11 is 0. The maximum absolute atomic E-state index is 12.9. The van der Waals surface area contributed by atoms with Crippen molar-refractivity contribution < 1.29 is 13.2 Å². The van der Waals surface area contributed by atoms with Gasteiger partial charge in [0.25, 0.3) is 0 Å². The van der Waals surface area contributed by atoms with E-state index in [1.165, 1.54) is 11.4 Å². The molecule has 2 heterocycles. The molecular formula is C14H17N3O3S. The topological polar surface area (TPSA) is 75.3 Å². The van der Waals surface area contributed by atoms with E-state index in [-0.39, 0.29) is 4.90 Å². The quantitative estimate of drug-likeness (QED) is 0.932. The predicted octanol–water partition coefficient (Wildman–Crippen LogP) is 1.47. The number of sulfonamides is 1. The minimum atomic E-state index is -3.59. The van der Waals surface area contributed by atoms with Gasteiger partial charge in [0.2, 0.25) is 10.0 Å². The summed E-state index contributed by atoms with van der Waals surface area (Å²) in [6, 6.07) is 5.17. The molecule has 3 rings (SSSR count). The number of methoxy groups -OCH3 is 1. The number of benzene rings is 1. The Kier molecular flexibility index (Phi) is 3.46. The highest BCUT2D eigenvalue weighted by atomic mass is 32.2. The molecule has 112 valence electrons. The molecule has 2 aromatic rings. The fraction of sp³-hybridized carbons (Fsp3) is 0.357. The average molecular weight is 307 g/mol. The molecule has 1 aliphatic rings. The summed E-state index contributed by atoms with van der Waals surface area (Å²) in [5, 5.41) is 0. The molecular weight excluding hydrogens is 290 g/mol. The molecule has 0 spiro atoms. The number of nitrogens with zero attached hydrogens (tertiary/aromatic N) is 2. The molecule has 0 atom stereocenters. The first-order valence-corrected chi connectivity index (χ1v) is 8.12. The van der Waals surface area contributed by atoms with E-state index < -0.39 is 10.0 Å². The van der Waals surface area contributed by atoms with Gasteiger partial charge in [0.05, 0.1) is 31.4 Å². The van der Waals surface area contributed by atoms with E-state index in [2.05, 4.69) is 9.97 Å². The Morgan fingerprint density at radius 3 is 2.95 bits per heavy atom. The highest BCUT2D eigenvalue weighted by Crippen LogP contribution is 2.30. The lowest BCUT2D eigenvalue weighted by Gasteiger charge is -2.26. The van der Waals surface area contributed by atoms with Crippen LogP contribution in [0.1, 0.15) is 17.0 Å². The van der Waals surface area contributed by atoms with E-state index in [9.17, 15) is 8.42 Å². The summed E-state index contributed by atoms with van der Waals surface area (Å²) in [4.78, 5) is 7.41. The number of aromatic nitrogens is 2. The maximum atomic E-state index is 12.9. The first kappa shape index (κ1) is 14.1. The van der Waals surface area contributed by atoms with Crippen molar-refractivity contribution in [2.45, 2.75) is 24.8 Å². The van der Waals surface area contributed by atoms with Crippen LogP contribution >= 0.6 is 0 Å². The Morgan fingerprint density at radius 2 is 2.19 bits per heavy atom. The number of hydrogen-bond acceptors (Lipinski definition) is 4. The van der Waals surface area contributed by atoms with Crippen LogP contribution in [-0.2, 0) is 23.0 Å². The van der Waals surface area contributed by atoms with E-state index in [1.807, 2.05) is 13.0 Å². The van der Waals surface area contributed by atoms with Crippen LogP contribution in [0.15, 0.2) is 29.4 Å². The van der Waals surface area contributed by atoms with Crippen LogP contribution in [-0.4, -0.2) is 36.3 Å². The molecule has 1 aromatic heterocycles. The van der Waals surface area contributed by atoms with Crippen LogP contribution in [0.5, 0.6) is 5.75 Å². The Labute approximate surface area is 123 Å². The van der Waals surface area contributed by atoms with Crippen LogP contribution in [0.25, 0.3) is 0 Å². The van der Waals surface area contributed by atoms with Gasteiger partial charge in [-0.2, -0.15) is 4.31 Å². The van der Waals surface area contributed by atoms with Crippen molar-refractivity contribution in [3.63, 3.8) is 0 Å². The van der Waals surface area contributed by atoms with Crippen molar-refractivity contribution >= 4 is 10.0 Å². The summed E-state index contributed by atoms with van der Waals surface area (Å²) < 4.78 is 32.4. The monoisotopic (exact) mass is 307 g/mol. The van der Waals surface area contributed by atoms with Gasteiger partial charge in [-0.1, -0.05) is 6.07 Å². The molecule has 0 saturated heterocycles. The lowest BCUT2D eigenvalue weighted by molar-refractivity contribution is 0.374. The number of aryl methyl sites for hydroxylation is 1. The number of aromatic amines is 1. The maximum Gasteiger partial charge on any atom is 0.247 e. The third kappa shape index (κ3) is 2.43. The minimum absolute atomic E-state index is 0.216. The van der Waals surface area contributed by atoms with Crippen LogP contribution in [0.3, 0.4) is 0 Å². The number of hydrogen-bond donors (Lipinski definition) is 1. The predicted molar refractivity (Wildman–Crippen MR) is 77.6 cm³/mol. The molecule has 0 unspecified atom stereocenters. The Balaban J connectivity index is 2.00. The van der Waals surface area contributed by atoms with Crippen molar-refractivity contribution in [3.8, 4) is 5.75 Å². The summed E-state index contributed by atoms with van der Waals surface area (Å²) in [5.41, 5.74) is 2.68. The molecule has 7 heteroatoms. The number of H-pyrrole nitrogens is 1. The van der Waals surface area contributed by atoms with Crippen LogP contribution < -0.4 is 4.74 Å². The summed E-state index contributed by atoms with van der Waals surface area (Å²) in [6.07, 6.45) is 2.22. The molecule has 0 radical (unpaired) electrons. The second kappa shape index (κ2) is 5.16. The summed E-state index contributed by atoms with van der Waals surface area (Å²) in [6.45, 7) is 2.60. The zero-order valence-corrected chi connectivity index (χ0v) is 12.8. The first-order valence-electron chi connectivity index (χ1n) is 6.68. The van der Waals surface area contributed by atoms with Crippen molar-refractivity contribution in [3.05, 3.63) is 41.5 Å². The third-order valence-corrected chi connectivity index (χ3v) is 5.54. The van der Waals surface area contributed by atoms with Gasteiger partial charge in [-0.3, -0.25) is 0 Å².